The minimum Gasteiger partial charge on any atom is -0.402 e. The standard InChI is InChI=1S/C25H34N2/c1-8-11-24(16-19(3)14-15-22(9-2)17-20(4)26)25-13-10-12-23(18-25)21(5)27(6)7/h9-10,12-16,18H,2,4-5,8,11,17,26H2,1,3,6-7H3/b19-14+,22-15-,24-16+. The zero-order valence-electron chi connectivity index (χ0n) is 17.4. The Balaban J connectivity index is 3.20. The molecule has 0 aromatic heterocycles. The highest BCUT2D eigenvalue weighted by molar-refractivity contribution is 5.72. The van der Waals surface area contributed by atoms with Crippen molar-refractivity contribution in [3.05, 3.63) is 96.3 Å². The van der Waals surface area contributed by atoms with Gasteiger partial charge in [-0.25, -0.2) is 0 Å². The summed E-state index contributed by atoms with van der Waals surface area (Å²) in [6, 6.07) is 8.60. The van der Waals surface area contributed by atoms with Crippen molar-refractivity contribution in [1.29, 1.82) is 0 Å². The molecule has 0 unspecified atom stereocenters. The molecule has 2 heteroatoms. The highest BCUT2D eigenvalue weighted by atomic mass is 15.1. The fourth-order valence-electron chi connectivity index (χ4n) is 2.75. The molecule has 0 atom stereocenters. The van der Waals surface area contributed by atoms with Gasteiger partial charge in [0.15, 0.2) is 0 Å². The van der Waals surface area contributed by atoms with Gasteiger partial charge in [0.05, 0.1) is 0 Å². The summed E-state index contributed by atoms with van der Waals surface area (Å²) in [5.74, 6) is 0. The molecule has 0 amide bonds. The highest BCUT2D eigenvalue weighted by Crippen LogP contribution is 2.25. The van der Waals surface area contributed by atoms with Crippen molar-refractivity contribution in [2.75, 3.05) is 14.1 Å². The minimum absolute atomic E-state index is 0.646. The van der Waals surface area contributed by atoms with Crippen LogP contribution in [0, 0.1) is 0 Å². The Kier molecular flexibility index (Phi) is 9.15. The van der Waals surface area contributed by atoms with Crippen molar-refractivity contribution in [2.45, 2.75) is 33.1 Å². The molecular weight excluding hydrogens is 328 g/mol. The summed E-state index contributed by atoms with van der Waals surface area (Å²) >= 11 is 0. The van der Waals surface area contributed by atoms with E-state index >= 15 is 0 Å². The van der Waals surface area contributed by atoms with E-state index in [0.29, 0.717) is 12.1 Å². The molecule has 0 aliphatic heterocycles. The van der Waals surface area contributed by atoms with Gasteiger partial charge in [0.1, 0.15) is 0 Å². The van der Waals surface area contributed by atoms with Crippen LogP contribution in [0.4, 0.5) is 0 Å². The van der Waals surface area contributed by atoms with Gasteiger partial charge in [0.2, 0.25) is 0 Å². The second kappa shape index (κ2) is 11.1. The van der Waals surface area contributed by atoms with Gasteiger partial charge in [-0.2, -0.15) is 0 Å². The van der Waals surface area contributed by atoms with Crippen molar-refractivity contribution in [3.8, 4) is 0 Å². The zero-order valence-corrected chi connectivity index (χ0v) is 17.4. The fourth-order valence-corrected chi connectivity index (χ4v) is 2.75. The molecule has 0 radical (unpaired) electrons. The van der Waals surface area contributed by atoms with Gasteiger partial charge in [-0.05, 0) is 41.7 Å². The molecule has 0 saturated heterocycles. The molecule has 144 valence electrons. The number of allylic oxidation sites excluding steroid dienone is 7. The topological polar surface area (TPSA) is 29.3 Å². The van der Waals surface area contributed by atoms with Gasteiger partial charge in [-0.3, -0.25) is 0 Å². The Labute approximate surface area is 165 Å². The Bertz CT molecular complexity index is 773. The zero-order chi connectivity index (χ0) is 20.4. The molecule has 1 rings (SSSR count). The van der Waals surface area contributed by atoms with E-state index in [-0.39, 0.29) is 0 Å². The minimum atomic E-state index is 0.646. The van der Waals surface area contributed by atoms with Gasteiger partial charge in [-0.15, -0.1) is 0 Å². The Morgan fingerprint density at radius 1 is 1.15 bits per heavy atom. The smallest absolute Gasteiger partial charge is 0.0361 e. The lowest BCUT2D eigenvalue weighted by Gasteiger charge is -2.17. The van der Waals surface area contributed by atoms with Crippen molar-refractivity contribution < 1.29 is 0 Å². The first-order valence-corrected chi connectivity index (χ1v) is 9.39. The molecule has 1 aromatic carbocycles. The van der Waals surface area contributed by atoms with E-state index in [4.69, 9.17) is 5.73 Å². The summed E-state index contributed by atoms with van der Waals surface area (Å²) in [5.41, 5.74) is 13.3. The first kappa shape index (κ1) is 22.3. The Hall–Kier alpha value is -2.74. The van der Waals surface area contributed by atoms with Gasteiger partial charge >= 0.3 is 0 Å². The number of nitrogens with zero attached hydrogens (tertiary/aromatic N) is 1. The van der Waals surface area contributed by atoms with Crippen LogP contribution in [0.2, 0.25) is 0 Å². The van der Waals surface area contributed by atoms with Crippen LogP contribution in [-0.2, 0) is 0 Å². The maximum Gasteiger partial charge on any atom is 0.0361 e. The lowest BCUT2D eigenvalue weighted by Crippen LogP contribution is -2.08. The predicted octanol–water partition coefficient (Wildman–Crippen LogP) is 6.32. The largest absolute Gasteiger partial charge is 0.402 e. The molecule has 0 spiro atoms. The molecule has 0 saturated carbocycles. The Morgan fingerprint density at radius 2 is 1.81 bits per heavy atom. The van der Waals surface area contributed by atoms with Crippen LogP contribution < -0.4 is 5.73 Å². The van der Waals surface area contributed by atoms with Gasteiger partial charge in [-0.1, -0.05) is 81.2 Å². The van der Waals surface area contributed by atoms with Gasteiger partial charge < -0.3 is 10.6 Å². The van der Waals surface area contributed by atoms with E-state index < -0.39 is 0 Å². The van der Waals surface area contributed by atoms with Crippen molar-refractivity contribution in [2.24, 2.45) is 5.73 Å². The van der Waals surface area contributed by atoms with Crippen molar-refractivity contribution in [3.63, 3.8) is 0 Å². The molecule has 2 N–H and O–H groups in total. The first-order valence-electron chi connectivity index (χ1n) is 9.39. The fraction of sp³-hybridized carbons (Fsp3) is 0.280. The highest BCUT2D eigenvalue weighted by Gasteiger charge is 2.06. The Morgan fingerprint density at radius 3 is 2.37 bits per heavy atom. The predicted molar refractivity (Wildman–Crippen MR) is 122 cm³/mol. The molecule has 0 fully saturated rings. The summed E-state index contributed by atoms with van der Waals surface area (Å²) < 4.78 is 0. The molecule has 1 aromatic rings. The molecule has 0 aliphatic carbocycles. The van der Waals surface area contributed by atoms with E-state index in [1.807, 2.05) is 25.1 Å². The van der Waals surface area contributed by atoms with E-state index in [2.05, 4.69) is 76.1 Å². The van der Waals surface area contributed by atoms with Gasteiger partial charge in [0.25, 0.3) is 0 Å². The van der Waals surface area contributed by atoms with Crippen LogP contribution in [0.5, 0.6) is 0 Å². The van der Waals surface area contributed by atoms with Crippen molar-refractivity contribution >= 4 is 11.3 Å². The number of nitrogens with two attached hydrogens (primary N) is 1. The summed E-state index contributed by atoms with van der Waals surface area (Å²) in [7, 11) is 4.04. The van der Waals surface area contributed by atoms with Crippen LogP contribution in [0.3, 0.4) is 0 Å². The van der Waals surface area contributed by atoms with E-state index in [9.17, 15) is 0 Å². The third-order valence-corrected chi connectivity index (χ3v) is 4.28. The lowest BCUT2D eigenvalue weighted by atomic mass is 9.96. The lowest BCUT2D eigenvalue weighted by molar-refractivity contribution is 0.593. The van der Waals surface area contributed by atoms with E-state index in [0.717, 1.165) is 29.7 Å². The van der Waals surface area contributed by atoms with Gasteiger partial charge in [0, 0.05) is 31.9 Å². The molecule has 2 nitrogen and oxygen atoms in total. The summed E-state index contributed by atoms with van der Waals surface area (Å²) in [6.07, 6.45) is 11.0. The summed E-state index contributed by atoms with van der Waals surface area (Å²) in [4.78, 5) is 2.04. The molecule has 0 heterocycles. The van der Waals surface area contributed by atoms with Crippen LogP contribution in [-0.4, -0.2) is 19.0 Å². The second-order valence-corrected chi connectivity index (χ2v) is 7.03. The number of hydrogen-bond acceptors (Lipinski definition) is 2. The second-order valence-electron chi connectivity index (χ2n) is 7.03. The van der Waals surface area contributed by atoms with Crippen molar-refractivity contribution in [1.82, 2.24) is 4.90 Å². The third-order valence-electron chi connectivity index (χ3n) is 4.28. The molecule has 0 bridgehead atoms. The monoisotopic (exact) mass is 362 g/mol. The molecular formula is C25H34N2. The third kappa shape index (κ3) is 7.57. The number of benzene rings is 1. The van der Waals surface area contributed by atoms with E-state index in [1.165, 1.54) is 16.7 Å². The normalized spacial score (nSPS) is 12.7. The number of hydrogen-bond donors (Lipinski definition) is 1. The van der Waals surface area contributed by atoms with Crippen LogP contribution >= 0.6 is 0 Å². The molecule has 0 aliphatic rings. The maximum absolute atomic E-state index is 5.71. The van der Waals surface area contributed by atoms with Crippen LogP contribution in [0.1, 0.15) is 44.2 Å². The van der Waals surface area contributed by atoms with Crippen LogP contribution in [0.15, 0.2) is 85.1 Å². The average molecular weight is 363 g/mol. The quantitative estimate of drug-likeness (QED) is 0.493. The summed E-state index contributed by atoms with van der Waals surface area (Å²) in [6.45, 7) is 16.1. The maximum atomic E-state index is 5.71. The van der Waals surface area contributed by atoms with Crippen LogP contribution in [0.25, 0.3) is 11.3 Å². The SMILES string of the molecule is C=C/C(=C/C=C(C)/C=C(\CCC)c1cccc(C(=C)N(C)C)c1)CC(=C)N. The number of rotatable bonds is 10. The first-order chi connectivity index (χ1) is 12.8. The van der Waals surface area contributed by atoms with E-state index in [1.54, 1.807) is 0 Å². The molecule has 27 heavy (non-hydrogen) atoms. The average Bonchev–Trinajstić information content (AvgIpc) is 2.63. The summed E-state index contributed by atoms with van der Waals surface area (Å²) in [5, 5.41) is 0.